The number of benzene rings is 1. The fourth-order valence-electron chi connectivity index (χ4n) is 2.35. The molecule has 1 atom stereocenters. The van der Waals surface area contributed by atoms with Crippen LogP contribution >= 0.6 is 0 Å². The van der Waals surface area contributed by atoms with Gasteiger partial charge in [0.25, 0.3) is 0 Å². The molecule has 0 fully saturated rings. The average Bonchev–Trinajstić information content (AvgIpc) is 2.73. The minimum atomic E-state index is 0.210. The van der Waals surface area contributed by atoms with Crippen LogP contribution in [0.15, 0.2) is 30.5 Å². The number of imidazole rings is 1. The quantitative estimate of drug-likeness (QED) is 0.760. The van der Waals surface area contributed by atoms with E-state index >= 15 is 0 Å². The molecule has 0 saturated heterocycles. The highest BCUT2D eigenvalue weighted by Crippen LogP contribution is 2.27. The first-order valence-electron chi connectivity index (χ1n) is 5.71. The third-order valence-electron chi connectivity index (χ3n) is 3.22. The molecule has 1 aromatic heterocycles. The Balaban J connectivity index is 2.05. The van der Waals surface area contributed by atoms with Crippen LogP contribution in [0.25, 0.3) is 0 Å². The molecule has 1 aliphatic heterocycles. The van der Waals surface area contributed by atoms with Crippen molar-refractivity contribution in [3.05, 3.63) is 47.5 Å². The Morgan fingerprint density at radius 1 is 1.35 bits per heavy atom. The van der Waals surface area contributed by atoms with E-state index < -0.39 is 0 Å². The second-order valence-electron chi connectivity index (χ2n) is 4.36. The zero-order valence-corrected chi connectivity index (χ0v) is 9.76. The molecule has 1 unspecified atom stereocenters. The molecule has 0 amide bonds. The van der Waals surface area contributed by atoms with E-state index in [9.17, 15) is 0 Å². The molecule has 1 aliphatic rings. The third kappa shape index (κ3) is 1.70. The number of fused-ring (bicyclic) bond motifs is 1. The predicted octanol–water partition coefficient (Wildman–Crippen LogP) is 1.89. The summed E-state index contributed by atoms with van der Waals surface area (Å²) in [5.74, 6) is 1.03. The average molecular weight is 229 g/mol. The lowest BCUT2D eigenvalue weighted by Crippen LogP contribution is -2.25. The van der Waals surface area contributed by atoms with Gasteiger partial charge in [-0.15, -0.1) is 0 Å². The second-order valence-corrected chi connectivity index (χ2v) is 4.36. The molecule has 88 valence electrons. The normalized spacial score (nSPS) is 19.0. The van der Waals surface area contributed by atoms with Gasteiger partial charge in [-0.3, -0.25) is 0 Å². The summed E-state index contributed by atoms with van der Waals surface area (Å²) in [7, 11) is 0. The van der Waals surface area contributed by atoms with Gasteiger partial charge in [-0.25, -0.2) is 4.98 Å². The Morgan fingerprint density at radius 3 is 2.88 bits per heavy atom. The highest BCUT2D eigenvalue weighted by molar-refractivity contribution is 5.40. The van der Waals surface area contributed by atoms with Gasteiger partial charge in [-0.2, -0.15) is 0 Å². The second kappa shape index (κ2) is 3.89. The van der Waals surface area contributed by atoms with Crippen LogP contribution in [0, 0.1) is 6.92 Å². The van der Waals surface area contributed by atoms with Crippen LogP contribution < -0.4 is 5.73 Å². The van der Waals surface area contributed by atoms with E-state index in [-0.39, 0.29) is 6.04 Å². The first-order valence-corrected chi connectivity index (χ1v) is 5.71. The molecule has 0 saturated carbocycles. The highest BCUT2D eigenvalue weighted by atomic mass is 16.5. The predicted molar refractivity (Wildman–Crippen MR) is 65.6 cm³/mol. The van der Waals surface area contributed by atoms with Crippen molar-refractivity contribution in [3.63, 3.8) is 0 Å². The van der Waals surface area contributed by atoms with Crippen molar-refractivity contribution in [2.24, 2.45) is 0 Å². The van der Waals surface area contributed by atoms with Gasteiger partial charge in [0.15, 0.2) is 0 Å². The van der Waals surface area contributed by atoms with E-state index in [2.05, 4.69) is 21.7 Å². The van der Waals surface area contributed by atoms with Crippen molar-refractivity contribution in [2.75, 3.05) is 12.3 Å². The topological polar surface area (TPSA) is 53.1 Å². The summed E-state index contributed by atoms with van der Waals surface area (Å²) in [6.07, 6.45) is 1.89. The number of hydrogen-bond donors (Lipinski definition) is 1. The van der Waals surface area contributed by atoms with Gasteiger partial charge in [-0.05, 0) is 24.6 Å². The number of nitrogens with two attached hydrogens (primary N) is 1. The first-order chi connectivity index (χ1) is 8.25. The van der Waals surface area contributed by atoms with Crippen molar-refractivity contribution in [2.45, 2.75) is 19.6 Å². The lowest BCUT2D eigenvalue weighted by Gasteiger charge is -2.27. The Morgan fingerprint density at radius 2 is 2.12 bits per heavy atom. The highest BCUT2D eigenvalue weighted by Gasteiger charge is 2.23. The maximum Gasteiger partial charge on any atom is 0.106 e. The fraction of sp³-hybridized carbons (Fsp3) is 0.308. The van der Waals surface area contributed by atoms with Crippen molar-refractivity contribution >= 4 is 5.69 Å². The summed E-state index contributed by atoms with van der Waals surface area (Å²) >= 11 is 0. The summed E-state index contributed by atoms with van der Waals surface area (Å²) < 4.78 is 7.86. The molecular weight excluding hydrogens is 214 g/mol. The zero-order valence-electron chi connectivity index (χ0n) is 9.76. The van der Waals surface area contributed by atoms with Crippen LogP contribution in [-0.2, 0) is 11.3 Å². The summed E-state index contributed by atoms with van der Waals surface area (Å²) in [6, 6.07) is 8.17. The maximum absolute atomic E-state index is 5.71. The molecule has 2 aromatic rings. The van der Waals surface area contributed by atoms with Gasteiger partial charge in [0, 0.05) is 5.69 Å². The number of ether oxygens (including phenoxy) is 1. The number of anilines is 1. The van der Waals surface area contributed by atoms with Gasteiger partial charge in [0.2, 0.25) is 0 Å². The third-order valence-corrected chi connectivity index (χ3v) is 3.22. The number of nitrogen functional groups attached to an aromatic ring is 1. The summed E-state index contributed by atoms with van der Waals surface area (Å²) in [5, 5.41) is 0. The Kier molecular flexibility index (Phi) is 2.37. The van der Waals surface area contributed by atoms with Crippen LogP contribution in [0.4, 0.5) is 5.69 Å². The van der Waals surface area contributed by atoms with Gasteiger partial charge in [0.1, 0.15) is 5.82 Å². The lowest BCUT2D eigenvalue weighted by molar-refractivity contribution is 0.0687. The van der Waals surface area contributed by atoms with E-state index in [0.717, 1.165) is 17.2 Å². The van der Waals surface area contributed by atoms with Gasteiger partial charge >= 0.3 is 0 Å². The molecule has 1 aromatic carbocycles. The standard InChI is InChI=1S/C13H15N3O/c1-9-15-6-12-7-17-8-13(16(9)12)10-2-4-11(14)5-3-10/h2-6,13H,7-8,14H2,1H3. The maximum atomic E-state index is 5.71. The van der Waals surface area contributed by atoms with Crippen molar-refractivity contribution in [3.8, 4) is 0 Å². The van der Waals surface area contributed by atoms with Gasteiger partial charge < -0.3 is 15.0 Å². The minimum absolute atomic E-state index is 0.210. The van der Waals surface area contributed by atoms with Crippen molar-refractivity contribution in [1.82, 2.24) is 9.55 Å². The lowest BCUT2D eigenvalue weighted by atomic mass is 10.1. The first kappa shape index (κ1) is 10.4. The van der Waals surface area contributed by atoms with Crippen LogP contribution in [0.5, 0.6) is 0 Å². The van der Waals surface area contributed by atoms with E-state index in [4.69, 9.17) is 10.5 Å². The SMILES string of the molecule is Cc1ncc2n1C(c1ccc(N)cc1)COC2. The van der Waals surface area contributed by atoms with Gasteiger partial charge in [-0.1, -0.05) is 12.1 Å². The van der Waals surface area contributed by atoms with Crippen molar-refractivity contribution in [1.29, 1.82) is 0 Å². The molecule has 17 heavy (non-hydrogen) atoms. The Hall–Kier alpha value is -1.81. The molecule has 0 radical (unpaired) electrons. The van der Waals surface area contributed by atoms with Crippen molar-refractivity contribution < 1.29 is 4.74 Å². The molecule has 4 heteroatoms. The molecule has 3 rings (SSSR count). The number of hydrogen-bond acceptors (Lipinski definition) is 3. The number of aryl methyl sites for hydroxylation is 1. The zero-order chi connectivity index (χ0) is 11.8. The molecule has 2 N–H and O–H groups in total. The molecule has 2 heterocycles. The summed E-state index contributed by atoms with van der Waals surface area (Å²) in [6.45, 7) is 3.36. The minimum Gasteiger partial charge on any atom is -0.399 e. The number of aromatic nitrogens is 2. The monoisotopic (exact) mass is 229 g/mol. The van der Waals surface area contributed by atoms with Crippen LogP contribution in [0.2, 0.25) is 0 Å². The molecular formula is C13H15N3O. The molecule has 0 aliphatic carbocycles. The Bertz CT molecular complexity index is 530. The van der Waals surface area contributed by atoms with E-state index in [0.29, 0.717) is 13.2 Å². The van der Waals surface area contributed by atoms with Crippen LogP contribution in [-0.4, -0.2) is 16.2 Å². The molecule has 0 spiro atoms. The van der Waals surface area contributed by atoms with E-state index in [1.54, 1.807) is 0 Å². The number of rotatable bonds is 1. The largest absolute Gasteiger partial charge is 0.399 e. The number of nitrogens with zero attached hydrogens (tertiary/aromatic N) is 2. The summed E-state index contributed by atoms with van der Waals surface area (Å²) in [5.41, 5.74) is 8.84. The van der Waals surface area contributed by atoms with Crippen LogP contribution in [0.1, 0.15) is 23.1 Å². The molecule has 0 bridgehead atoms. The Labute approximate surface area is 100 Å². The molecule has 4 nitrogen and oxygen atoms in total. The smallest absolute Gasteiger partial charge is 0.106 e. The fourth-order valence-corrected chi connectivity index (χ4v) is 2.35. The van der Waals surface area contributed by atoms with Gasteiger partial charge in [0.05, 0.1) is 31.1 Å². The van der Waals surface area contributed by atoms with E-state index in [1.165, 1.54) is 5.56 Å². The van der Waals surface area contributed by atoms with E-state index in [1.807, 2.05) is 25.3 Å². The summed E-state index contributed by atoms with van der Waals surface area (Å²) in [4.78, 5) is 4.35. The van der Waals surface area contributed by atoms with Crippen LogP contribution in [0.3, 0.4) is 0 Å².